The number of amides is 1. The van der Waals surface area contributed by atoms with Crippen LogP contribution in [0.15, 0.2) is 48.5 Å². The summed E-state index contributed by atoms with van der Waals surface area (Å²) in [5.41, 5.74) is 2.68. The maximum absolute atomic E-state index is 12.5. The Balaban J connectivity index is 1.83. The Morgan fingerprint density at radius 2 is 1.91 bits per heavy atom. The summed E-state index contributed by atoms with van der Waals surface area (Å²) in [7, 11) is 0. The van der Waals surface area contributed by atoms with Crippen molar-refractivity contribution in [2.24, 2.45) is 0 Å². The molecule has 23 heavy (non-hydrogen) atoms. The first-order valence-electron chi connectivity index (χ1n) is 7.28. The number of Topliss-reactive ketones (excluding diaryl/α,β-unsaturated/α-hetero) is 1. The van der Waals surface area contributed by atoms with Crippen molar-refractivity contribution in [2.75, 3.05) is 5.32 Å². The molecule has 0 aliphatic carbocycles. The van der Waals surface area contributed by atoms with Gasteiger partial charge in [0.1, 0.15) is 11.6 Å². The van der Waals surface area contributed by atoms with Gasteiger partial charge in [-0.15, -0.1) is 5.10 Å². The van der Waals surface area contributed by atoms with Crippen LogP contribution < -0.4 is 5.32 Å². The quantitative estimate of drug-likeness (QED) is 0.752. The Morgan fingerprint density at radius 3 is 2.70 bits per heavy atom. The highest BCUT2D eigenvalue weighted by Crippen LogP contribution is 2.18. The van der Waals surface area contributed by atoms with Crippen LogP contribution in [0.25, 0.3) is 11.0 Å². The number of fused-ring (bicyclic) bond motifs is 1. The molecule has 0 aliphatic heterocycles. The molecule has 1 aromatic heterocycles. The Labute approximate surface area is 133 Å². The van der Waals surface area contributed by atoms with E-state index in [1.54, 1.807) is 35.9 Å². The molecule has 0 radical (unpaired) electrons. The summed E-state index contributed by atoms with van der Waals surface area (Å²) in [6.07, 6.45) is 0. The van der Waals surface area contributed by atoms with Crippen LogP contribution in [0.4, 0.5) is 5.69 Å². The van der Waals surface area contributed by atoms with Crippen molar-refractivity contribution in [3.05, 3.63) is 54.1 Å². The minimum absolute atomic E-state index is 0.0450. The molecule has 0 fully saturated rings. The van der Waals surface area contributed by atoms with E-state index in [4.69, 9.17) is 0 Å². The third-order valence-corrected chi connectivity index (χ3v) is 3.66. The van der Waals surface area contributed by atoms with Crippen LogP contribution >= 0.6 is 0 Å². The standard InChI is InChI=1S/C17H16N4O2/c1-11(21-16-9-4-3-8-15(16)19-20-21)17(23)18-14-7-5-6-13(10-14)12(2)22/h3-11H,1-2H3,(H,18,23). The maximum atomic E-state index is 12.5. The molecule has 1 amide bonds. The van der Waals surface area contributed by atoms with Crippen LogP contribution in [0.5, 0.6) is 0 Å². The van der Waals surface area contributed by atoms with Gasteiger partial charge in [0.2, 0.25) is 5.91 Å². The lowest BCUT2D eigenvalue weighted by Crippen LogP contribution is -2.24. The maximum Gasteiger partial charge on any atom is 0.249 e. The van der Waals surface area contributed by atoms with Gasteiger partial charge < -0.3 is 5.32 Å². The lowest BCUT2D eigenvalue weighted by molar-refractivity contribution is -0.119. The zero-order valence-electron chi connectivity index (χ0n) is 12.9. The van der Waals surface area contributed by atoms with Gasteiger partial charge in [0, 0.05) is 11.3 Å². The number of para-hydroxylation sites is 1. The average molecular weight is 308 g/mol. The van der Waals surface area contributed by atoms with Crippen molar-refractivity contribution in [3.63, 3.8) is 0 Å². The van der Waals surface area contributed by atoms with Crippen molar-refractivity contribution in [2.45, 2.75) is 19.9 Å². The van der Waals surface area contributed by atoms with Gasteiger partial charge in [-0.3, -0.25) is 9.59 Å². The Morgan fingerprint density at radius 1 is 1.13 bits per heavy atom. The second-order valence-electron chi connectivity index (χ2n) is 5.32. The number of carbonyl (C=O) groups is 2. The van der Waals surface area contributed by atoms with Crippen LogP contribution in [0.3, 0.4) is 0 Å². The van der Waals surface area contributed by atoms with E-state index in [1.165, 1.54) is 6.92 Å². The molecule has 1 atom stereocenters. The highest BCUT2D eigenvalue weighted by atomic mass is 16.2. The number of rotatable bonds is 4. The van der Waals surface area contributed by atoms with Gasteiger partial charge in [0.15, 0.2) is 5.78 Å². The summed E-state index contributed by atoms with van der Waals surface area (Å²) >= 11 is 0. The molecule has 0 aliphatic rings. The van der Waals surface area contributed by atoms with Gasteiger partial charge in [-0.25, -0.2) is 4.68 Å². The number of hydrogen-bond donors (Lipinski definition) is 1. The lowest BCUT2D eigenvalue weighted by atomic mass is 10.1. The van der Waals surface area contributed by atoms with Crippen molar-refractivity contribution in [1.82, 2.24) is 15.0 Å². The summed E-state index contributed by atoms with van der Waals surface area (Å²) in [6.45, 7) is 3.25. The number of aromatic nitrogens is 3. The first-order valence-corrected chi connectivity index (χ1v) is 7.28. The van der Waals surface area contributed by atoms with E-state index >= 15 is 0 Å². The topological polar surface area (TPSA) is 76.9 Å². The van der Waals surface area contributed by atoms with E-state index in [0.29, 0.717) is 11.3 Å². The molecule has 6 nitrogen and oxygen atoms in total. The molecule has 0 bridgehead atoms. The van der Waals surface area contributed by atoms with Gasteiger partial charge in [0.05, 0.1) is 5.52 Å². The van der Waals surface area contributed by atoms with Crippen LogP contribution in [0, 0.1) is 0 Å². The van der Waals surface area contributed by atoms with Gasteiger partial charge in [-0.1, -0.05) is 29.5 Å². The Hall–Kier alpha value is -3.02. The molecule has 0 saturated carbocycles. The molecule has 3 rings (SSSR count). The summed E-state index contributed by atoms with van der Waals surface area (Å²) in [5.74, 6) is -0.266. The predicted molar refractivity (Wildman–Crippen MR) is 87.3 cm³/mol. The van der Waals surface area contributed by atoms with Crippen molar-refractivity contribution in [1.29, 1.82) is 0 Å². The molecule has 0 spiro atoms. The zero-order valence-corrected chi connectivity index (χ0v) is 12.9. The number of carbonyl (C=O) groups excluding carboxylic acids is 2. The number of anilines is 1. The molecular formula is C17H16N4O2. The summed E-state index contributed by atoms with van der Waals surface area (Å²) in [6, 6.07) is 13.8. The number of benzene rings is 2. The van der Waals surface area contributed by atoms with E-state index in [-0.39, 0.29) is 11.7 Å². The fourth-order valence-electron chi connectivity index (χ4n) is 2.35. The normalized spacial score (nSPS) is 12.1. The molecule has 116 valence electrons. The average Bonchev–Trinajstić information content (AvgIpc) is 2.98. The predicted octanol–water partition coefficient (Wildman–Crippen LogP) is 2.83. The molecule has 0 saturated heterocycles. The van der Waals surface area contributed by atoms with E-state index in [1.807, 2.05) is 24.3 Å². The monoisotopic (exact) mass is 308 g/mol. The molecule has 1 N–H and O–H groups in total. The smallest absolute Gasteiger partial charge is 0.249 e. The van der Waals surface area contributed by atoms with Crippen molar-refractivity contribution in [3.8, 4) is 0 Å². The van der Waals surface area contributed by atoms with E-state index in [2.05, 4.69) is 15.6 Å². The first kappa shape index (κ1) is 14.9. The fraction of sp³-hybridized carbons (Fsp3) is 0.176. The largest absolute Gasteiger partial charge is 0.324 e. The van der Waals surface area contributed by atoms with E-state index < -0.39 is 6.04 Å². The summed E-state index contributed by atoms with van der Waals surface area (Å²) in [5, 5.41) is 10.9. The SMILES string of the molecule is CC(=O)c1cccc(NC(=O)C(C)n2nnc3ccccc32)c1. The van der Waals surface area contributed by atoms with Crippen molar-refractivity contribution < 1.29 is 9.59 Å². The Bertz CT molecular complexity index is 885. The minimum Gasteiger partial charge on any atom is -0.324 e. The van der Waals surface area contributed by atoms with Crippen molar-refractivity contribution >= 4 is 28.4 Å². The zero-order chi connectivity index (χ0) is 16.4. The van der Waals surface area contributed by atoms with Gasteiger partial charge in [-0.2, -0.15) is 0 Å². The second kappa shape index (κ2) is 6.00. The van der Waals surface area contributed by atoms with Crippen LogP contribution in [-0.4, -0.2) is 26.7 Å². The molecule has 3 aromatic rings. The number of ketones is 1. The highest BCUT2D eigenvalue weighted by Gasteiger charge is 2.19. The van der Waals surface area contributed by atoms with E-state index in [0.717, 1.165) is 11.0 Å². The number of nitrogens with zero attached hydrogens (tertiary/aromatic N) is 3. The third-order valence-electron chi connectivity index (χ3n) is 3.66. The third kappa shape index (κ3) is 2.96. The van der Waals surface area contributed by atoms with Crippen LogP contribution in [0.2, 0.25) is 0 Å². The first-order chi connectivity index (χ1) is 11.1. The minimum atomic E-state index is -0.525. The second-order valence-corrected chi connectivity index (χ2v) is 5.32. The summed E-state index contributed by atoms with van der Waals surface area (Å²) < 4.78 is 1.58. The van der Waals surface area contributed by atoms with E-state index in [9.17, 15) is 9.59 Å². The molecule has 6 heteroatoms. The summed E-state index contributed by atoms with van der Waals surface area (Å²) in [4.78, 5) is 23.9. The highest BCUT2D eigenvalue weighted by molar-refractivity contribution is 5.98. The molecular weight excluding hydrogens is 292 g/mol. The van der Waals surface area contributed by atoms with Crippen LogP contribution in [0.1, 0.15) is 30.2 Å². The number of nitrogens with one attached hydrogen (secondary N) is 1. The van der Waals surface area contributed by atoms with Crippen LogP contribution in [-0.2, 0) is 4.79 Å². The van der Waals surface area contributed by atoms with Gasteiger partial charge >= 0.3 is 0 Å². The van der Waals surface area contributed by atoms with Gasteiger partial charge in [0.25, 0.3) is 0 Å². The fourth-order valence-corrected chi connectivity index (χ4v) is 2.35. The van der Waals surface area contributed by atoms with Gasteiger partial charge in [-0.05, 0) is 38.1 Å². The Kier molecular flexibility index (Phi) is 3.89. The lowest BCUT2D eigenvalue weighted by Gasteiger charge is -2.13. The molecule has 1 unspecified atom stereocenters. The number of hydrogen-bond acceptors (Lipinski definition) is 4. The molecule has 2 aromatic carbocycles. The molecule has 1 heterocycles.